The molecule has 5 nitrogen and oxygen atoms in total. The second-order valence-corrected chi connectivity index (χ2v) is 5.69. The van der Waals surface area contributed by atoms with Gasteiger partial charge in [-0.05, 0) is 25.0 Å². The number of hydrogen-bond acceptors (Lipinski definition) is 3. The van der Waals surface area contributed by atoms with Crippen molar-refractivity contribution < 1.29 is 0 Å². The summed E-state index contributed by atoms with van der Waals surface area (Å²) in [4.78, 5) is 3.32. The zero-order chi connectivity index (χ0) is 14.2. The van der Waals surface area contributed by atoms with Crippen LogP contribution in [0.4, 0.5) is 0 Å². The number of benzene rings is 1. The Morgan fingerprint density at radius 1 is 1.33 bits per heavy atom. The monoisotopic (exact) mass is 281 g/mol. The predicted molar refractivity (Wildman–Crippen MR) is 81.9 cm³/mol. The Hall–Kier alpha value is -2.14. The van der Waals surface area contributed by atoms with Crippen LogP contribution in [-0.4, -0.2) is 19.7 Å². The van der Waals surface area contributed by atoms with Gasteiger partial charge in [0.05, 0.1) is 6.04 Å². The van der Waals surface area contributed by atoms with E-state index in [9.17, 15) is 0 Å². The molecule has 3 aromatic rings. The molecule has 5 heteroatoms. The Morgan fingerprint density at radius 3 is 3.19 bits per heavy atom. The van der Waals surface area contributed by atoms with E-state index in [0.29, 0.717) is 0 Å². The van der Waals surface area contributed by atoms with Crippen molar-refractivity contribution in [2.75, 3.05) is 0 Å². The first-order valence-electron chi connectivity index (χ1n) is 7.53. The average Bonchev–Trinajstić information content (AvgIpc) is 3.19. The van der Waals surface area contributed by atoms with Crippen LogP contribution in [0, 0.1) is 0 Å². The number of aromatic amines is 1. The maximum absolute atomic E-state index is 4.34. The first-order chi connectivity index (χ1) is 10.3. The van der Waals surface area contributed by atoms with Crippen LogP contribution in [0.25, 0.3) is 10.9 Å². The Morgan fingerprint density at radius 2 is 2.24 bits per heavy atom. The third kappa shape index (κ3) is 2.14. The molecule has 1 unspecified atom stereocenters. The topological polar surface area (TPSA) is 58.5 Å². The van der Waals surface area contributed by atoms with Crippen molar-refractivity contribution in [2.24, 2.45) is 0 Å². The number of rotatable bonds is 4. The highest BCUT2D eigenvalue weighted by atomic mass is 15.3. The molecular weight excluding hydrogens is 262 g/mol. The maximum Gasteiger partial charge on any atom is 0.149 e. The van der Waals surface area contributed by atoms with Crippen LogP contribution in [0.5, 0.6) is 0 Å². The molecule has 2 aromatic heterocycles. The van der Waals surface area contributed by atoms with Gasteiger partial charge in [0, 0.05) is 36.6 Å². The molecule has 3 heterocycles. The smallest absolute Gasteiger partial charge is 0.149 e. The fraction of sp³-hybridized carbons (Fsp3) is 0.375. The minimum absolute atomic E-state index is 0.206. The first-order valence-corrected chi connectivity index (χ1v) is 7.53. The Bertz CT molecular complexity index is 770. The second kappa shape index (κ2) is 5.00. The summed E-state index contributed by atoms with van der Waals surface area (Å²) in [6.07, 6.45) is 4.33. The third-order valence-corrected chi connectivity index (χ3v) is 4.30. The Kier molecular flexibility index (Phi) is 3.00. The van der Waals surface area contributed by atoms with Crippen LogP contribution in [-0.2, 0) is 19.5 Å². The van der Waals surface area contributed by atoms with Crippen LogP contribution in [0.1, 0.15) is 36.6 Å². The summed E-state index contributed by atoms with van der Waals surface area (Å²) < 4.78 is 2.26. The van der Waals surface area contributed by atoms with Crippen molar-refractivity contribution in [1.82, 2.24) is 25.1 Å². The highest BCUT2D eigenvalue weighted by Gasteiger charge is 2.21. The quantitative estimate of drug-likeness (QED) is 0.772. The zero-order valence-corrected chi connectivity index (χ0v) is 12.1. The number of para-hydroxylation sites is 1. The molecule has 4 rings (SSSR count). The van der Waals surface area contributed by atoms with Gasteiger partial charge >= 0.3 is 0 Å². The molecule has 0 bridgehead atoms. The molecule has 0 saturated carbocycles. The predicted octanol–water partition coefficient (Wildman–Crippen LogP) is 2.56. The van der Waals surface area contributed by atoms with Crippen LogP contribution in [0.3, 0.4) is 0 Å². The summed E-state index contributed by atoms with van der Waals surface area (Å²) in [6.45, 7) is 4.04. The third-order valence-electron chi connectivity index (χ3n) is 4.30. The normalized spacial score (nSPS) is 15.5. The van der Waals surface area contributed by atoms with Crippen molar-refractivity contribution in [1.29, 1.82) is 0 Å². The van der Waals surface area contributed by atoms with E-state index in [1.807, 2.05) is 0 Å². The highest BCUT2D eigenvalue weighted by molar-refractivity contribution is 5.82. The molecule has 2 N–H and O–H groups in total. The van der Waals surface area contributed by atoms with Crippen LogP contribution < -0.4 is 5.32 Å². The fourth-order valence-electron chi connectivity index (χ4n) is 3.13. The molecule has 108 valence electrons. The van der Waals surface area contributed by atoms with E-state index in [0.717, 1.165) is 31.2 Å². The Labute approximate surface area is 123 Å². The first kappa shape index (κ1) is 12.6. The van der Waals surface area contributed by atoms with Crippen molar-refractivity contribution in [2.45, 2.75) is 38.9 Å². The van der Waals surface area contributed by atoms with E-state index in [2.05, 4.69) is 62.5 Å². The highest BCUT2D eigenvalue weighted by Crippen LogP contribution is 2.21. The molecule has 0 saturated heterocycles. The van der Waals surface area contributed by atoms with Gasteiger partial charge in [-0.25, -0.2) is 0 Å². The average molecular weight is 281 g/mol. The fourth-order valence-corrected chi connectivity index (χ4v) is 3.13. The minimum Gasteiger partial charge on any atom is -0.361 e. The molecule has 0 spiro atoms. The summed E-state index contributed by atoms with van der Waals surface area (Å²) in [5.74, 6) is 2.19. The molecule has 0 amide bonds. The van der Waals surface area contributed by atoms with Gasteiger partial charge in [-0.15, -0.1) is 10.2 Å². The van der Waals surface area contributed by atoms with Gasteiger partial charge in [0.2, 0.25) is 0 Å². The summed E-state index contributed by atoms with van der Waals surface area (Å²) in [5, 5.41) is 13.5. The molecule has 0 radical (unpaired) electrons. The van der Waals surface area contributed by atoms with E-state index in [4.69, 9.17) is 0 Å². The lowest BCUT2D eigenvalue weighted by atomic mass is 10.1. The summed E-state index contributed by atoms with van der Waals surface area (Å²) in [6, 6.07) is 8.60. The number of aryl methyl sites for hydroxylation is 1. The van der Waals surface area contributed by atoms with Crippen molar-refractivity contribution in [3.05, 3.63) is 47.7 Å². The second-order valence-electron chi connectivity index (χ2n) is 5.69. The maximum atomic E-state index is 4.34. The van der Waals surface area contributed by atoms with E-state index >= 15 is 0 Å². The van der Waals surface area contributed by atoms with Gasteiger partial charge in [-0.1, -0.05) is 18.2 Å². The van der Waals surface area contributed by atoms with E-state index in [1.54, 1.807) is 0 Å². The number of fused-ring (bicyclic) bond motifs is 2. The standard InChI is InChI=1S/C16H19N5/c1-11(16-20-19-15-7-4-8-21(15)16)17-9-12-10-18-14-6-3-2-5-13(12)14/h2-3,5-6,10-11,17-18H,4,7-9H2,1H3. The summed E-state index contributed by atoms with van der Waals surface area (Å²) in [5.41, 5.74) is 2.48. The number of nitrogens with one attached hydrogen (secondary N) is 2. The molecule has 1 aliphatic heterocycles. The molecule has 21 heavy (non-hydrogen) atoms. The molecule has 1 aliphatic rings. The molecule has 1 aromatic carbocycles. The van der Waals surface area contributed by atoms with Gasteiger partial charge in [0.25, 0.3) is 0 Å². The lowest BCUT2D eigenvalue weighted by molar-refractivity contribution is 0.517. The van der Waals surface area contributed by atoms with Crippen molar-refractivity contribution in [3.63, 3.8) is 0 Å². The summed E-state index contributed by atoms with van der Waals surface area (Å²) >= 11 is 0. The lowest BCUT2D eigenvalue weighted by Crippen LogP contribution is -2.21. The largest absolute Gasteiger partial charge is 0.361 e. The van der Waals surface area contributed by atoms with Crippen LogP contribution >= 0.6 is 0 Å². The van der Waals surface area contributed by atoms with Gasteiger partial charge in [0.1, 0.15) is 11.6 Å². The number of H-pyrrole nitrogens is 1. The molecule has 1 atom stereocenters. The zero-order valence-electron chi connectivity index (χ0n) is 12.1. The number of aromatic nitrogens is 4. The lowest BCUT2D eigenvalue weighted by Gasteiger charge is -2.13. The van der Waals surface area contributed by atoms with Gasteiger partial charge in [-0.3, -0.25) is 0 Å². The van der Waals surface area contributed by atoms with E-state index in [-0.39, 0.29) is 6.04 Å². The van der Waals surface area contributed by atoms with Crippen molar-refractivity contribution >= 4 is 10.9 Å². The summed E-state index contributed by atoms with van der Waals surface area (Å²) in [7, 11) is 0. The number of nitrogens with zero attached hydrogens (tertiary/aromatic N) is 3. The van der Waals surface area contributed by atoms with E-state index < -0.39 is 0 Å². The van der Waals surface area contributed by atoms with Crippen molar-refractivity contribution in [3.8, 4) is 0 Å². The van der Waals surface area contributed by atoms with Crippen LogP contribution in [0.15, 0.2) is 30.5 Å². The molecule has 0 fully saturated rings. The SMILES string of the molecule is CC(NCc1c[nH]c2ccccc12)c1nnc2n1CCC2. The van der Waals surface area contributed by atoms with Gasteiger partial charge < -0.3 is 14.9 Å². The molecule has 0 aliphatic carbocycles. The van der Waals surface area contributed by atoms with Gasteiger partial charge in [-0.2, -0.15) is 0 Å². The van der Waals surface area contributed by atoms with Crippen LogP contribution in [0.2, 0.25) is 0 Å². The minimum atomic E-state index is 0.206. The molecular formula is C16H19N5. The van der Waals surface area contributed by atoms with Gasteiger partial charge in [0.15, 0.2) is 0 Å². The van der Waals surface area contributed by atoms with E-state index in [1.165, 1.54) is 22.9 Å². The Balaban J connectivity index is 1.51. The number of hydrogen-bond donors (Lipinski definition) is 2.